The molecule has 0 saturated carbocycles. The molecule has 34 heavy (non-hydrogen) atoms. The van der Waals surface area contributed by atoms with Crippen LogP contribution in [0.25, 0.3) is 33.0 Å². The van der Waals surface area contributed by atoms with Gasteiger partial charge in [0.15, 0.2) is 0 Å². The highest BCUT2D eigenvalue weighted by atomic mass is 16.3. The van der Waals surface area contributed by atoms with Gasteiger partial charge >= 0.3 is 0 Å². The Morgan fingerprint density at radius 3 is 2.56 bits per heavy atom. The van der Waals surface area contributed by atoms with Gasteiger partial charge in [-0.2, -0.15) is 0 Å². The predicted molar refractivity (Wildman–Crippen MR) is 138 cm³/mol. The third-order valence-electron chi connectivity index (χ3n) is 7.04. The molecule has 0 aliphatic carbocycles. The topological polar surface area (TPSA) is 69.2 Å². The molecule has 1 unspecified atom stereocenters. The maximum Gasteiger partial charge on any atom is 0.256 e. The zero-order valence-corrected chi connectivity index (χ0v) is 19.7. The Labute approximate surface area is 200 Å². The zero-order chi connectivity index (χ0) is 23.7. The minimum Gasteiger partial charge on any atom is -0.392 e. The number of aliphatic hydroxyl groups excluding tert-OH is 1. The summed E-state index contributed by atoms with van der Waals surface area (Å²) < 4.78 is 0. The van der Waals surface area contributed by atoms with E-state index in [0.29, 0.717) is 18.2 Å². The fraction of sp³-hybridized carbons (Fsp3) is 0.310. The van der Waals surface area contributed by atoms with E-state index in [1.54, 1.807) is 12.4 Å². The van der Waals surface area contributed by atoms with Gasteiger partial charge in [-0.05, 0) is 85.0 Å². The summed E-state index contributed by atoms with van der Waals surface area (Å²) in [5.41, 5.74) is 4.47. The molecule has 1 aliphatic rings. The summed E-state index contributed by atoms with van der Waals surface area (Å²) in [6, 6.07) is 20.9. The average molecular weight is 454 g/mol. The lowest BCUT2D eigenvalue weighted by molar-refractivity contribution is 0.0764. The molecular formula is C29H31N3O2. The normalized spacial score (nSPS) is 19.9. The van der Waals surface area contributed by atoms with Crippen molar-refractivity contribution in [3.05, 3.63) is 89.1 Å². The quantitative estimate of drug-likeness (QED) is 0.435. The number of likely N-dealkylation sites (tertiary alicyclic amines) is 1. The number of β-amino-alcohol motifs (C(OH)–C–C–N with tert-alkyl or cyclic N) is 1. The van der Waals surface area contributed by atoms with Crippen LogP contribution in [0, 0.1) is 0 Å². The van der Waals surface area contributed by atoms with Gasteiger partial charge in [0.05, 0.1) is 11.7 Å². The van der Waals surface area contributed by atoms with Crippen LogP contribution in [-0.4, -0.2) is 45.2 Å². The standard InChI is InChI=1S/C29H31N3O2/c1-19-15-24(11-14-32(19)18-20(2)33)27-17-26(22-9-12-30-13-10-22)28(29(34)31-27)25-8-7-21-5-3-4-6-23(21)16-25/h3-10,12-13,16-17,19-20,24,33H,11,14-15,18H2,1-2H3,(H,31,34)/t19-,20-,24?/m1/s1. The summed E-state index contributed by atoms with van der Waals surface area (Å²) >= 11 is 0. The molecule has 0 bridgehead atoms. The van der Waals surface area contributed by atoms with Gasteiger partial charge in [0.2, 0.25) is 0 Å². The molecule has 2 N–H and O–H groups in total. The van der Waals surface area contributed by atoms with Crippen molar-refractivity contribution in [2.75, 3.05) is 13.1 Å². The Bertz CT molecular complexity index is 1350. The third-order valence-corrected chi connectivity index (χ3v) is 7.04. The smallest absolute Gasteiger partial charge is 0.256 e. The van der Waals surface area contributed by atoms with Crippen LogP contribution in [0.1, 0.15) is 38.3 Å². The Hall–Kier alpha value is -3.28. The molecule has 4 aromatic rings. The number of benzene rings is 2. The van der Waals surface area contributed by atoms with E-state index in [4.69, 9.17) is 0 Å². The van der Waals surface area contributed by atoms with Gasteiger partial charge in [-0.25, -0.2) is 0 Å². The molecule has 2 aromatic heterocycles. The van der Waals surface area contributed by atoms with Crippen LogP contribution >= 0.6 is 0 Å². The predicted octanol–water partition coefficient (Wildman–Crippen LogP) is 5.21. The number of aromatic amines is 1. The van der Waals surface area contributed by atoms with E-state index < -0.39 is 0 Å². The molecule has 0 spiro atoms. The van der Waals surface area contributed by atoms with Crippen LogP contribution in [0.15, 0.2) is 77.9 Å². The molecule has 1 saturated heterocycles. The fourth-order valence-corrected chi connectivity index (χ4v) is 5.30. The Balaban J connectivity index is 1.58. The fourth-order valence-electron chi connectivity index (χ4n) is 5.30. The van der Waals surface area contributed by atoms with Crippen molar-refractivity contribution in [1.82, 2.24) is 14.9 Å². The highest BCUT2D eigenvalue weighted by molar-refractivity contribution is 5.91. The van der Waals surface area contributed by atoms with Gasteiger partial charge in [-0.1, -0.05) is 36.4 Å². The SMILES string of the molecule is C[C@@H]1CC(c2cc(-c3ccncc3)c(-c3ccc4ccccc4c3)c(=O)[nH]2)CCN1C[C@@H](C)O. The van der Waals surface area contributed by atoms with Crippen molar-refractivity contribution in [1.29, 1.82) is 0 Å². The van der Waals surface area contributed by atoms with E-state index in [0.717, 1.165) is 52.5 Å². The second-order valence-corrected chi connectivity index (χ2v) is 9.55. The average Bonchev–Trinajstić information content (AvgIpc) is 2.85. The second-order valence-electron chi connectivity index (χ2n) is 9.55. The van der Waals surface area contributed by atoms with Gasteiger partial charge in [0.25, 0.3) is 5.56 Å². The van der Waals surface area contributed by atoms with Crippen LogP contribution in [0.3, 0.4) is 0 Å². The number of hydrogen-bond acceptors (Lipinski definition) is 4. The first-order valence-electron chi connectivity index (χ1n) is 12.1. The summed E-state index contributed by atoms with van der Waals surface area (Å²) in [6.45, 7) is 5.64. The maximum absolute atomic E-state index is 13.6. The first kappa shape index (κ1) is 22.5. The van der Waals surface area contributed by atoms with Crippen molar-refractivity contribution >= 4 is 10.8 Å². The maximum atomic E-state index is 13.6. The van der Waals surface area contributed by atoms with Gasteiger partial charge in [-0.15, -0.1) is 0 Å². The molecule has 5 heteroatoms. The van der Waals surface area contributed by atoms with Crippen LogP contribution in [0.4, 0.5) is 0 Å². The molecule has 2 aromatic carbocycles. The van der Waals surface area contributed by atoms with Gasteiger partial charge in [0.1, 0.15) is 0 Å². The molecule has 0 amide bonds. The van der Waals surface area contributed by atoms with Crippen molar-refractivity contribution in [2.45, 2.75) is 44.8 Å². The number of aliphatic hydroxyl groups is 1. The van der Waals surface area contributed by atoms with E-state index >= 15 is 0 Å². The summed E-state index contributed by atoms with van der Waals surface area (Å²) in [5, 5.41) is 12.1. The molecule has 3 heterocycles. The molecule has 3 atom stereocenters. The lowest BCUT2D eigenvalue weighted by Gasteiger charge is -2.38. The highest BCUT2D eigenvalue weighted by Crippen LogP contribution is 2.36. The molecule has 0 radical (unpaired) electrons. The van der Waals surface area contributed by atoms with E-state index in [1.807, 2.05) is 37.3 Å². The number of aromatic nitrogens is 2. The van der Waals surface area contributed by atoms with Crippen molar-refractivity contribution in [3.63, 3.8) is 0 Å². The number of pyridine rings is 2. The summed E-state index contributed by atoms with van der Waals surface area (Å²) in [6.07, 6.45) is 5.12. The molecule has 1 aliphatic heterocycles. The number of nitrogens with zero attached hydrogens (tertiary/aromatic N) is 2. The molecule has 174 valence electrons. The number of fused-ring (bicyclic) bond motifs is 1. The highest BCUT2D eigenvalue weighted by Gasteiger charge is 2.28. The van der Waals surface area contributed by atoms with E-state index in [-0.39, 0.29) is 17.6 Å². The Morgan fingerprint density at radius 1 is 1.06 bits per heavy atom. The summed E-state index contributed by atoms with van der Waals surface area (Å²) in [4.78, 5) is 23.3. The lowest BCUT2D eigenvalue weighted by atomic mass is 9.86. The number of H-pyrrole nitrogens is 1. The van der Waals surface area contributed by atoms with E-state index in [1.165, 1.54) is 0 Å². The molecule has 1 fully saturated rings. The van der Waals surface area contributed by atoms with Crippen molar-refractivity contribution in [2.24, 2.45) is 0 Å². The van der Waals surface area contributed by atoms with Gasteiger partial charge in [-0.3, -0.25) is 14.7 Å². The Morgan fingerprint density at radius 2 is 1.82 bits per heavy atom. The number of piperidine rings is 1. The first-order chi connectivity index (χ1) is 16.5. The largest absolute Gasteiger partial charge is 0.392 e. The van der Waals surface area contributed by atoms with Crippen LogP contribution in [0.5, 0.6) is 0 Å². The Kier molecular flexibility index (Phi) is 6.31. The van der Waals surface area contributed by atoms with E-state index in [9.17, 15) is 9.90 Å². The van der Waals surface area contributed by atoms with Crippen molar-refractivity contribution in [3.8, 4) is 22.3 Å². The summed E-state index contributed by atoms with van der Waals surface area (Å²) in [7, 11) is 0. The minimum absolute atomic E-state index is 0.0568. The number of nitrogens with one attached hydrogen (secondary N) is 1. The van der Waals surface area contributed by atoms with Crippen LogP contribution in [0.2, 0.25) is 0 Å². The monoisotopic (exact) mass is 453 g/mol. The third kappa shape index (κ3) is 4.54. The van der Waals surface area contributed by atoms with Gasteiger partial charge < -0.3 is 10.1 Å². The summed E-state index contributed by atoms with van der Waals surface area (Å²) in [5.74, 6) is 0.277. The minimum atomic E-state index is -0.335. The molecular weight excluding hydrogens is 422 g/mol. The van der Waals surface area contributed by atoms with Gasteiger partial charge in [0, 0.05) is 36.6 Å². The lowest BCUT2D eigenvalue weighted by Crippen LogP contribution is -2.43. The molecule has 5 rings (SSSR count). The number of rotatable bonds is 5. The second kappa shape index (κ2) is 9.53. The van der Waals surface area contributed by atoms with E-state index in [2.05, 4.69) is 52.1 Å². The number of hydrogen-bond donors (Lipinski definition) is 2. The van der Waals surface area contributed by atoms with Crippen LogP contribution in [-0.2, 0) is 0 Å². The van der Waals surface area contributed by atoms with Crippen molar-refractivity contribution < 1.29 is 5.11 Å². The zero-order valence-electron chi connectivity index (χ0n) is 19.7. The molecule has 5 nitrogen and oxygen atoms in total. The van der Waals surface area contributed by atoms with Crippen LogP contribution < -0.4 is 5.56 Å². The first-order valence-corrected chi connectivity index (χ1v) is 12.1.